The van der Waals surface area contributed by atoms with Crippen molar-refractivity contribution in [3.05, 3.63) is 41.6 Å². The number of hydrogen-bond acceptors (Lipinski definition) is 4. The summed E-state index contributed by atoms with van der Waals surface area (Å²) in [6.07, 6.45) is 4.09. The number of para-hydroxylation sites is 1. The molecule has 1 heterocycles. The SMILES string of the molecule is CCCCc1ccccc1N(C)c1nc(OC2CCCCC2)ncc1C(F)(F)F. The summed E-state index contributed by atoms with van der Waals surface area (Å²) >= 11 is 0. The number of halogens is 3. The van der Waals surface area contributed by atoms with Crippen LogP contribution in [0.15, 0.2) is 30.5 Å². The molecule has 1 aliphatic rings. The van der Waals surface area contributed by atoms with E-state index in [1.807, 2.05) is 24.3 Å². The van der Waals surface area contributed by atoms with Gasteiger partial charge < -0.3 is 9.64 Å². The van der Waals surface area contributed by atoms with E-state index in [1.165, 1.54) is 4.90 Å². The average Bonchev–Trinajstić information content (AvgIpc) is 2.72. The van der Waals surface area contributed by atoms with Crippen LogP contribution < -0.4 is 9.64 Å². The van der Waals surface area contributed by atoms with Crippen molar-refractivity contribution in [2.24, 2.45) is 0 Å². The molecule has 0 N–H and O–H groups in total. The molecule has 0 unspecified atom stereocenters. The predicted octanol–water partition coefficient (Wildman–Crippen LogP) is 6.32. The van der Waals surface area contributed by atoms with Crippen molar-refractivity contribution in [2.75, 3.05) is 11.9 Å². The van der Waals surface area contributed by atoms with Crippen LogP contribution in [0.4, 0.5) is 24.7 Å². The number of anilines is 2. The third-order valence-electron chi connectivity index (χ3n) is 5.35. The number of aromatic nitrogens is 2. The van der Waals surface area contributed by atoms with Crippen LogP contribution in [0.3, 0.4) is 0 Å². The maximum Gasteiger partial charge on any atom is 0.421 e. The van der Waals surface area contributed by atoms with Crippen molar-refractivity contribution in [1.29, 1.82) is 0 Å². The normalized spacial score (nSPS) is 15.3. The lowest BCUT2D eigenvalue weighted by molar-refractivity contribution is -0.137. The Morgan fingerprint density at radius 1 is 1.14 bits per heavy atom. The van der Waals surface area contributed by atoms with Gasteiger partial charge in [0.2, 0.25) is 0 Å². The summed E-state index contributed by atoms with van der Waals surface area (Å²) < 4.78 is 46.8. The van der Waals surface area contributed by atoms with E-state index >= 15 is 0 Å². The van der Waals surface area contributed by atoms with E-state index in [1.54, 1.807) is 7.05 Å². The number of nitrogens with zero attached hydrogens (tertiary/aromatic N) is 3. The standard InChI is InChI=1S/C22H28F3N3O/c1-3-4-10-16-11-8-9-14-19(16)28(2)20-18(22(23,24)25)15-26-21(27-20)29-17-12-6-5-7-13-17/h8-9,11,14-15,17H,3-7,10,12-13H2,1-2H3. The molecule has 0 radical (unpaired) electrons. The Kier molecular flexibility index (Phi) is 6.98. The number of hydrogen-bond donors (Lipinski definition) is 0. The van der Waals surface area contributed by atoms with Gasteiger partial charge in [-0.15, -0.1) is 0 Å². The summed E-state index contributed by atoms with van der Waals surface area (Å²) in [6, 6.07) is 7.53. The maximum atomic E-state index is 13.7. The zero-order valence-electron chi connectivity index (χ0n) is 17.0. The van der Waals surface area contributed by atoms with Gasteiger partial charge in [-0.1, -0.05) is 38.0 Å². The minimum absolute atomic E-state index is 0.0118. The fourth-order valence-corrected chi connectivity index (χ4v) is 3.73. The minimum Gasteiger partial charge on any atom is -0.460 e. The first-order chi connectivity index (χ1) is 13.9. The molecule has 1 aromatic heterocycles. The third-order valence-corrected chi connectivity index (χ3v) is 5.35. The molecule has 1 aliphatic carbocycles. The van der Waals surface area contributed by atoms with Crippen molar-refractivity contribution in [2.45, 2.75) is 70.6 Å². The lowest BCUT2D eigenvalue weighted by Gasteiger charge is -2.26. The fraction of sp³-hybridized carbons (Fsp3) is 0.545. The Bertz CT molecular complexity index is 804. The molecule has 1 aromatic carbocycles. The molecule has 0 spiro atoms. The highest BCUT2D eigenvalue weighted by Crippen LogP contribution is 2.39. The van der Waals surface area contributed by atoms with Crippen molar-refractivity contribution in [1.82, 2.24) is 9.97 Å². The highest BCUT2D eigenvalue weighted by Gasteiger charge is 2.37. The molecule has 0 atom stereocenters. The maximum absolute atomic E-state index is 13.7. The van der Waals surface area contributed by atoms with Gasteiger partial charge in [0.1, 0.15) is 11.7 Å². The summed E-state index contributed by atoms with van der Waals surface area (Å²) in [4.78, 5) is 9.57. The second-order valence-electron chi connectivity index (χ2n) is 7.56. The molecule has 0 saturated heterocycles. The van der Waals surface area contributed by atoms with Crippen molar-refractivity contribution < 1.29 is 17.9 Å². The van der Waals surface area contributed by atoms with Gasteiger partial charge in [0.05, 0.1) is 0 Å². The average molecular weight is 407 g/mol. The van der Waals surface area contributed by atoms with E-state index in [0.717, 1.165) is 63.1 Å². The molecule has 3 rings (SSSR count). The molecule has 1 saturated carbocycles. The van der Waals surface area contributed by atoms with Gasteiger partial charge in [-0.3, -0.25) is 0 Å². The Morgan fingerprint density at radius 2 is 1.86 bits per heavy atom. The zero-order valence-corrected chi connectivity index (χ0v) is 17.0. The summed E-state index contributed by atoms with van der Waals surface area (Å²) in [5, 5.41) is 0. The first-order valence-electron chi connectivity index (χ1n) is 10.3. The smallest absolute Gasteiger partial charge is 0.421 e. The van der Waals surface area contributed by atoms with E-state index in [0.29, 0.717) is 5.69 Å². The Morgan fingerprint density at radius 3 is 2.55 bits per heavy atom. The number of unbranched alkanes of at least 4 members (excludes halogenated alkanes) is 1. The predicted molar refractivity (Wildman–Crippen MR) is 108 cm³/mol. The van der Waals surface area contributed by atoms with E-state index < -0.39 is 11.7 Å². The van der Waals surface area contributed by atoms with Crippen LogP contribution in [0.2, 0.25) is 0 Å². The minimum atomic E-state index is -4.55. The molecule has 0 amide bonds. The molecular weight excluding hydrogens is 379 g/mol. The van der Waals surface area contributed by atoms with Gasteiger partial charge in [-0.2, -0.15) is 18.2 Å². The topological polar surface area (TPSA) is 38.2 Å². The number of alkyl halides is 3. The summed E-state index contributed by atoms with van der Waals surface area (Å²) in [5.74, 6) is -0.178. The summed E-state index contributed by atoms with van der Waals surface area (Å²) in [6.45, 7) is 2.09. The van der Waals surface area contributed by atoms with Crippen molar-refractivity contribution in [3.63, 3.8) is 0 Å². The van der Waals surface area contributed by atoms with Gasteiger partial charge in [0, 0.05) is 18.9 Å². The van der Waals surface area contributed by atoms with Crippen LogP contribution in [0.1, 0.15) is 63.0 Å². The Labute approximate surface area is 170 Å². The molecule has 0 bridgehead atoms. The molecule has 7 heteroatoms. The molecule has 158 valence electrons. The lowest BCUT2D eigenvalue weighted by atomic mass is 9.98. The molecule has 0 aliphatic heterocycles. The molecule has 4 nitrogen and oxygen atoms in total. The van der Waals surface area contributed by atoms with Gasteiger partial charge >= 0.3 is 12.2 Å². The quantitative estimate of drug-likeness (QED) is 0.538. The molecular formula is C22H28F3N3O. The lowest BCUT2D eigenvalue weighted by Crippen LogP contribution is -2.23. The highest BCUT2D eigenvalue weighted by atomic mass is 19.4. The second kappa shape index (κ2) is 9.46. The molecule has 1 fully saturated rings. The van der Waals surface area contributed by atoms with Crippen LogP contribution in [0, 0.1) is 0 Å². The zero-order chi connectivity index (χ0) is 20.9. The van der Waals surface area contributed by atoms with Crippen LogP contribution >= 0.6 is 0 Å². The largest absolute Gasteiger partial charge is 0.460 e. The van der Waals surface area contributed by atoms with Crippen LogP contribution in [0.5, 0.6) is 6.01 Å². The summed E-state index contributed by atoms with van der Waals surface area (Å²) in [5.41, 5.74) is 0.855. The van der Waals surface area contributed by atoms with Crippen molar-refractivity contribution in [3.8, 4) is 6.01 Å². The van der Waals surface area contributed by atoms with E-state index in [9.17, 15) is 13.2 Å². The number of ether oxygens (including phenoxy) is 1. The first-order valence-corrected chi connectivity index (χ1v) is 10.3. The Balaban J connectivity index is 1.95. The monoisotopic (exact) mass is 407 g/mol. The second-order valence-corrected chi connectivity index (χ2v) is 7.56. The number of benzene rings is 1. The summed E-state index contributed by atoms with van der Waals surface area (Å²) in [7, 11) is 1.62. The van der Waals surface area contributed by atoms with E-state index in [2.05, 4.69) is 16.9 Å². The first kappa shape index (κ1) is 21.4. The molecule has 29 heavy (non-hydrogen) atoms. The van der Waals surface area contributed by atoms with Gasteiger partial charge in [0.25, 0.3) is 0 Å². The van der Waals surface area contributed by atoms with E-state index in [-0.39, 0.29) is 17.9 Å². The number of rotatable bonds is 7. The third kappa shape index (κ3) is 5.40. The van der Waals surface area contributed by atoms with Crippen LogP contribution in [-0.2, 0) is 12.6 Å². The fourth-order valence-electron chi connectivity index (χ4n) is 3.73. The van der Waals surface area contributed by atoms with Crippen LogP contribution in [-0.4, -0.2) is 23.1 Å². The van der Waals surface area contributed by atoms with Crippen molar-refractivity contribution >= 4 is 11.5 Å². The Hall–Kier alpha value is -2.31. The van der Waals surface area contributed by atoms with Gasteiger partial charge in [-0.05, 0) is 50.2 Å². The van der Waals surface area contributed by atoms with Crippen LogP contribution in [0.25, 0.3) is 0 Å². The molecule has 2 aromatic rings. The number of aryl methyl sites for hydroxylation is 1. The van der Waals surface area contributed by atoms with E-state index in [4.69, 9.17) is 4.74 Å². The van der Waals surface area contributed by atoms with Gasteiger partial charge in [0.15, 0.2) is 5.82 Å². The van der Waals surface area contributed by atoms with Gasteiger partial charge in [-0.25, -0.2) is 4.98 Å². The highest BCUT2D eigenvalue weighted by molar-refractivity contribution is 5.66.